The number of hydroxylamine groups is 2. The Morgan fingerprint density at radius 1 is 1.25 bits per heavy atom. The van der Waals surface area contributed by atoms with Gasteiger partial charge in [0.2, 0.25) is 0 Å². The van der Waals surface area contributed by atoms with Crippen molar-refractivity contribution in [1.82, 2.24) is 5.06 Å². The molecule has 20 heavy (non-hydrogen) atoms. The molecule has 0 amide bonds. The van der Waals surface area contributed by atoms with Crippen LogP contribution in [0.25, 0.3) is 0 Å². The highest BCUT2D eigenvalue weighted by molar-refractivity contribution is 5.88. The fourth-order valence-electron chi connectivity index (χ4n) is 4.18. The van der Waals surface area contributed by atoms with Gasteiger partial charge in [0.25, 0.3) is 0 Å². The molecular weight excluding hydrogens is 266 g/mol. The Bertz CT molecular complexity index is 481. The zero-order chi connectivity index (χ0) is 13.6. The second-order valence-corrected chi connectivity index (χ2v) is 6.55. The van der Waals surface area contributed by atoms with Gasteiger partial charge in [-0.05, 0) is 13.8 Å². The third kappa shape index (κ3) is 1.38. The number of hydrogen-bond donors (Lipinski definition) is 0. The van der Waals surface area contributed by atoms with Crippen LogP contribution in [-0.2, 0) is 28.6 Å². The number of Topliss-reactive ketones (excluding diaryl/α,β-unsaturated/α-hetero) is 1. The zero-order valence-corrected chi connectivity index (χ0v) is 11.4. The Morgan fingerprint density at radius 2 is 2.10 bits per heavy atom. The number of carbonyl (C=O) groups excluding carboxylic acids is 1. The predicted molar refractivity (Wildman–Crippen MR) is 62.3 cm³/mol. The molecule has 5 rings (SSSR count). The Labute approximate surface area is 116 Å². The molecule has 0 aromatic carbocycles. The summed E-state index contributed by atoms with van der Waals surface area (Å²) in [7, 11) is 0. The van der Waals surface area contributed by atoms with Gasteiger partial charge in [-0.25, -0.2) is 0 Å². The Hall–Kier alpha value is -0.570. The molecule has 5 aliphatic heterocycles. The van der Waals surface area contributed by atoms with E-state index >= 15 is 0 Å². The van der Waals surface area contributed by atoms with E-state index in [0.717, 1.165) is 0 Å². The molecule has 5 heterocycles. The van der Waals surface area contributed by atoms with E-state index in [2.05, 4.69) is 0 Å². The number of hydrogen-bond acceptors (Lipinski definition) is 7. The molecule has 5 aliphatic rings. The summed E-state index contributed by atoms with van der Waals surface area (Å²) in [6, 6.07) is -0.0881. The molecule has 7 nitrogen and oxygen atoms in total. The fraction of sp³-hybridized carbons (Fsp3) is 0.923. The number of carbonyl (C=O) groups is 1. The summed E-state index contributed by atoms with van der Waals surface area (Å²) in [5.41, 5.74) is 0. The maximum Gasteiger partial charge on any atom is 0.187 e. The lowest BCUT2D eigenvalue weighted by molar-refractivity contribution is -0.239. The fourth-order valence-corrected chi connectivity index (χ4v) is 4.18. The van der Waals surface area contributed by atoms with Crippen molar-refractivity contribution in [2.24, 2.45) is 5.92 Å². The van der Waals surface area contributed by atoms with Crippen LogP contribution in [0.1, 0.15) is 13.8 Å². The number of ether oxygens (including phenoxy) is 4. The third-order valence-electron chi connectivity index (χ3n) is 4.85. The van der Waals surface area contributed by atoms with Gasteiger partial charge in [-0.3, -0.25) is 9.63 Å². The summed E-state index contributed by atoms with van der Waals surface area (Å²) >= 11 is 0. The van der Waals surface area contributed by atoms with Gasteiger partial charge in [-0.1, -0.05) is 0 Å². The summed E-state index contributed by atoms with van der Waals surface area (Å²) in [4.78, 5) is 18.4. The zero-order valence-electron chi connectivity index (χ0n) is 11.4. The molecule has 110 valence electrons. The molecule has 5 saturated heterocycles. The first kappa shape index (κ1) is 12.0. The molecule has 0 radical (unpaired) electrons. The monoisotopic (exact) mass is 283 g/mol. The minimum absolute atomic E-state index is 0.0369. The van der Waals surface area contributed by atoms with Crippen molar-refractivity contribution < 1.29 is 28.6 Å². The third-order valence-corrected chi connectivity index (χ3v) is 4.85. The molecule has 0 unspecified atom stereocenters. The minimum Gasteiger partial charge on any atom is -0.347 e. The molecule has 7 heteroatoms. The number of nitrogens with zero attached hydrogens (tertiary/aromatic N) is 1. The van der Waals surface area contributed by atoms with Crippen molar-refractivity contribution in [1.29, 1.82) is 0 Å². The van der Waals surface area contributed by atoms with Crippen LogP contribution in [0.15, 0.2) is 0 Å². The van der Waals surface area contributed by atoms with Crippen molar-refractivity contribution in [2.75, 3.05) is 13.2 Å². The molecule has 2 bridgehead atoms. The van der Waals surface area contributed by atoms with Crippen LogP contribution in [0.4, 0.5) is 0 Å². The summed E-state index contributed by atoms with van der Waals surface area (Å²) in [5, 5.41) is 1.84. The average molecular weight is 283 g/mol. The van der Waals surface area contributed by atoms with E-state index in [-0.39, 0.29) is 36.1 Å². The van der Waals surface area contributed by atoms with Crippen molar-refractivity contribution in [3.63, 3.8) is 0 Å². The van der Waals surface area contributed by atoms with E-state index in [0.29, 0.717) is 13.2 Å². The van der Waals surface area contributed by atoms with Gasteiger partial charge < -0.3 is 18.9 Å². The highest BCUT2D eigenvalue weighted by atomic mass is 16.8. The summed E-state index contributed by atoms with van der Waals surface area (Å²) in [6.45, 7) is 4.77. The molecule has 0 saturated carbocycles. The normalized spacial score (nSPS) is 55.9. The molecule has 0 aliphatic carbocycles. The van der Waals surface area contributed by atoms with Gasteiger partial charge in [0.1, 0.15) is 24.4 Å². The quantitative estimate of drug-likeness (QED) is 0.590. The van der Waals surface area contributed by atoms with E-state index in [1.54, 1.807) is 0 Å². The maximum atomic E-state index is 12.5. The Balaban J connectivity index is 1.50. The lowest BCUT2D eigenvalue weighted by Crippen LogP contribution is -2.51. The van der Waals surface area contributed by atoms with Crippen LogP contribution in [0.2, 0.25) is 0 Å². The summed E-state index contributed by atoms with van der Waals surface area (Å²) in [6.07, 6.45) is -1.38. The van der Waals surface area contributed by atoms with Gasteiger partial charge in [0.05, 0.1) is 25.1 Å². The molecule has 7 atom stereocenters. The maximum absolute atomic E-state index is 12.5. The van der Waals surface area contributed by atoms with E-state index in [1.165, 1.54) is 0 Å². The van der Waals surface area contributed by atoms with E-state index < -0.39 is 18.2 Å². The number of ketones is 1. The Morgan fingerprint density at radius 3 is 2.95 bits per heavy atom. The minimum atomic E-state index is -0.594. The van der Waals surface area contributed by atoms with Gasteiger partial charge in [0.15, 0.2) is 17.9 Å². The second-order valence-electron chi connectivity index (χ2n) is 6.55. The van der Waals surface area contributed by atoms with Gasteiger partial charge in [-0.2, -0.15) is 5.06 Å². The van der Waals surface area contributed by atoms with Crippen LogP contribution in [0, 0.1) is 5.92 Å². The molecular formula is C13H17NO6. The van der Waals surface area contributed by atoms with Crippen molar-refractivity contribution in [3.8, 4) is 0 Å². The molecule has 0 aromatic heterocycles. The molecule has 0 aromatic rings. The number of rotatable bonds is 0. The van der Waals surface area contributed by atoms with Crippen LogP contribution in [0.5, 0.6) is 0 Å². The largest absolute Gasteiger partial charge is 0.347 e. The van der Waals surface area contributed by atoms with Gasteiger partial charge in [-0.15, -0.1) is 0 Å². The van der Waals surface area contributed by atoms with E-state index in [9.17, 15) is 4.79 Å². The SMILES string of the molecule is CC1(C)O[C@H]2[C@@H]3[C@H]4C(=O)[C@H]5CO[C@H](O5)[C@@H]4ON3C[C@H]2O1. The van der Waals surface area contributed by atoms with Crippen LogP contribution in [-0.4, -0.2) is 66.5 Å². The first-order valence-electron chi connectivity index (χ1n) is 7.13. The van der Waals surface area contributed by atoms with Crippen LogP contribution >= 0.6 is 0 Å². The predicted octanol–water partition coefficient (Wildman–Crippen LogP) is -0.555. The van der Waals surface area contributed by atoms with Crippen molar-refractivity contribution in [2.45, 2.75) is 56.4 Å². The highest BCUT2D eigenvalue weighted by Gasteiger charge is 2.67. The lowest BCUT2D eigenvalue weighted by atomic mass is 9.84. The topological polar surface area (TPSA) is 66.5 Å². The van der Waals surface area contributed by atoms with Gasteiger partial charge in [0, 0.05) is 0 Å². The highest BCUT2D eigenvalue weighted by Crippen LogP contribution is 2.48. The molecule has 5 fully saturated rings. The second kappa shape index (κ2) is 3.60. The smallest absolute Gasteiger partial charge is 0.187 e. The van der Waals surface area contributed by atoms with Crippen molar-refractivity contribution in [3.05, 3.63) is 0 Å². The van der Waals surface area contributed by atoms with Crippen LogP contribution < -0.4 is 0 Å². The summed E-state index contributed by atoms with van der Waals surface area (Å²) in [5.74, 6) is -0.762. The van der Waals surface area contributed by atoms with Crippen molar-refractivity contribution >= 4 is 5.78 Å². The number of fused-ring (bicyclic) bond motifs is 8. The standard InChI is InChI=1S/C13H17NO6/c1-13(2)18-5-3-14-8(10(5)19-13)7-9(15)6-4-16-12(17-6)11(7)20-14/h5-8,10-12H,3-4H2,1-2H3/t5-,6-,7+,8+,10-,11-,12-/m1/s1. The first-order valence-corrected chi connectivity index (χ1v) is 7.13. The van der Waals surface area contributed by atoms with E-state index in [4.69, 9.17) is 23.8 Å². The molecule has 0 spiro atoms. The molecule has 0 N–H and O–H groups in total. The van der Waals surface area contributed by atoms with E-state index in [1.807, 2.05) is 18.9 Å². The summed E-state index contributed by atoms with van der Waals surface area (Å²) < 4.78 is 22.9. The first-order chi connectivity index (χ1) is 9.53. The average Bonchev–Trinajstić information content (AvgIpc) is 3.04. The van der Waals surface area contributed by atoms with Gasteiger partial charge >= 0.3 is 0 Å². The Kier molecular flexibility index (Phi) is 2.16. The lowest BCUT2D eigenvalue weighted by Gasteiger charge is -2.30. The van der Waals surface area contributed by atoms with Crippen LogP contribution in [0.3, 0.4) is 0 Å².